The summed E-state index contributed by atoms with van der Waals surface area (Å²) in [6, 6.07) is 26.2. The molecule has 0 unspecified atom stereocenters. The van der Waals surface area contributed by atoms with Crippen molar-refractivity contribution in [1.82, 2.24) is 0 Å². The fraction of sp³-hybridized carbons (Fsp3) is 0.444. The predicted octanol–water partition coefficient (Wildman–Crippen LogP) is 15.4. The maximum absolute atomic E-state index is 12.5. The van der Waals surface area contributed by atoms with E-state index < -0.39 is 0 Å². The molecular weight excluding hydrogens is 728 g/mol. The highest BCUT2D eigenvalue weighted by Gasteiger charge is 2.27. The van der Waals surface area contributed by atoms with Crippen LogP contribution >= 0.6 is 7.92 Å². The standard InChI is InChI=1S/C54H71O3P/c1-33-21-42(36-27-38(51(4,5)6)31-39(28-36)52(7,8)9)48(55)44(23-33)46-25-35(3)26-47(50(46)57-19-18-20-58(16)17)45-24-34(2)22-43(49(45)56)37-29-40(53(10,11)12)32-41(30-37)54(13,14)15/h21-32,55-56H,18-20H2,1-17H3. The van der Waals surface area contributed by atoms with E-state index in [2.05, 4.69) is 190 Å². The van der Waals surface area contributed by atoms with Crippen LogP contribution in [0.5, 0.6) is 17.2 Å². The lowest BCUT2D eigenvalue weighted by molar-refractivity contribution is 0.320. The first-order valence-electron chi connectivity index (χ1n) is 21.1. The average Bonchev–Trinajstić information content (AvgIpc) is 3.10. The first-order chi connectivity index (χ1) is 26.6. The lowest BCUT2D eigenvalue weighted by Gasteiger charge is -2.27. The van der Waals surface area contributed by atoms with E-state index in [4.69, 9.17) is 4.74 Å². The molecule has 2 N–H and O–H groups in total. The van der Waals surface area contributed by atoms with Gasteiger partial charge < -0.3 is 14.9 Å². The smallest absolute Gasteiger partial charge is 0.135 e. The molecule has 0 heterocycles. The molecule has 0 fully saturated rings. The molecule has 0 aliphatic rings. The van der Waals surface area contributed by atoms with Gasteiger partial charge in [-0.3, -0.25) is 0 Å². The zero-order valence-corrected chi connectivity index (χ0v) is 39.7. The van der Waals surface area contributed by atoms with Crippen LogP contribution in [0.25, 0.3) is 44.5 Å². The Bertz CT molecular complexity index is 2080. The minimum Gasteiger partial charge on any atom is -0.507 e. The van der Waals surface area contributed by atoms with Crippen LogP contribution < -0.4 is 4.74 Å². The minimum atomic E-state index is -0.0733. The van der Waals surface area contributed by atoms with E-state index in [1.54, 1.807) is 0 Å². The van der Waals surface area contributed by atoms with Gasteiger partial charge >= 0.3 is 0 Å². The molecule has 58 heavy (non-hydrogen) atoms. The molecule has 5 aromatic carbocycles. The van der Waals surface area contributed by atoms with Gasteiger partial charge in [0.2, 0.25) is 0 Å². The Labute approximate surface area is 353 Å². The highest BCUT2D eigenvalue weighted by Crippen LogP contribution is 2.51. The molecule has 0 atom stereocenters. The van der Waals surface area contributed by atoms with Crippen molar-refractivity contribution in [2.75, 3.05) is 26.1 Å². The lowest BCUT2D eigenvalue weighted by Crippen LogP contribution is -2.16. The van der Waals surface area contributed by atoms with Gasteiger partial charge in [0, 0.05) is 33.4 Å². The number of hydrogen-bond acceptors (Lipinski definition) is 3. The van der Waals surface area contributed by atoms with Crippen molar-refractivity contribution in [3.05, 3.63) is 112 Å². The normalized spacial score (nSPS) is 12.7. The summed E-state index contributed by atoms with van der Waals surface area (Å²) in [6.07, 6.45) is 2.03. The number of rotatable bonds is 9. The number of aryl methyl sites for hydroxylation is 3. The topological polar surface area (TPSA) is 49.7 Å². The second-order valence-electron chi connectivity index (χ2n) is 21.2. The van der Waals surface area contributed by atoms with Gasteiger partial charge in [0.05, 0.1) is 6.61 Å². The first-order valence-corrected chi connectivity index (χ1v) is 23.5. The molecule has 0 bridgehead atoms. The van der Waals surface area contributed by atoms with Crippen LogP contribution in [0.15, 0.2) is 72.8 Å². The number of hydrogen-bond donors (Lipinski definition) is 2. The van der Waals surface area contributed by atoms with Gasteiger partial charge in [-0.1, -0.05) is 119 Å². The van der Waals surface area contributed by atoms with Crippen LogP contribution in [-0.2, 0) is 21.7 Å². The molecule has 0 aliphatic heterocycles. The van der Waals surface area contributed by atoms with Crippen molar-refractivity contribution in [3.8, 4) is 61.8 Å². The summed E-state index contributed by atoms with van der Waals surface area (Å²) in [7, 11) is -0.0733. The molecular formula is C54H71O3P. The fourth-order valence-corrected chi connectivity index (χ4v) is 8.35. The SMILES string of the molecule is Cc1cc(-c2cc(C(C)(C)C)cc(C(C)(C)C)c2)c(O)c(-c2cc(C)cc(-c3cc(C)cc(-c4cc(C(C)(C)C)cc(C(C)(C)C)c4)c3O)c2OCCCP(C)C)c1. The van der Waals surface area contributed by atoms with Gasteiger partial charge in [0.1, 0.15) is 17.2 Å². The summed E-state index contributed by atoms with van der Waals surface area (Å²) in [6.45, 7) is 38.4. The summed E-state index contributed by atoms with van der Waals surface area (Å²) < 4.78 is 6.91. The van der Waals surface area contributed by atoms with Gasteiger partial charge in [-0.2, -0.15) is 0 Å². The molecule has 0 saturated heterocycles. The Morgan fingerprint density at radius 2 is 0.724 bits per heavy atom. The largest absolute Gasteiger partial charge is 0.507 e. The highest BCUT2D eigenvalue weighted by molar-refractivity contribution is 7.55. The molecule has 0 amide bonds. The maximum atomic E-state index is 12.5. The average molecular weight is 799 g/mol. The molecule has 0 spiro atoms. The second kappa shape index (κ2) is 16.5. The third-order valence-electron chi connectivity index (χ3n) is 11.3. The van der Waals surface area contributed by atoms with Crippen molar-refractivity contribution in [1.29, 1.82) is 0 Å². The van der Waals surface area contributed by atoms with Gasteiger partial charge in [0.25, 0.3) is 0 Å². The van der Waals surface area contributed by atoms with Crippen molar-refractivity contribution < 1.29 is 14.9 Å². The van der Waals surface area contributed by atoms with E-state index in [0.29, 0.717) is 12.4 Å². The van der Waals surface area contributed by atoms with Crippen molar-refractivity contribution in [3.63, 3.8) is 0 Å². The van der Waals surface area contributed by atoms with Crippen LogP contribution in [0.2, 0.25) is 0 Å². The highest BCUT2D eigenvalue weighted by atomic mass is 31.1. The van der Waals surface area contributed by atoms with E-state index in [1.165, 1.54) is 22.3 Å². The Morgan fingerprint density at radius 1 is 0.431 bits per heavy atom. The summed E-state index contributed by atoms with van der Waals surface area (Å²) in [5, 5.41) is 25.0. The van der Waals surface area contributed by atoms with E-state index in [9.17, 15) is 10.2 Å². The van der Waals surface area contributed by atoms with Crippen LogP contribution in [0, 0.1) is 20.8 Å². The van der Waals surface area contributed by atoms with E-state index >= 15 is 0 Å². The summed E-state index contributed by atoms with van der Waals surface area (Å²) in [5.41, 5.74) is 14.5. The molecule has 0 aliphatic carbocycles. The fourth-order valence-electron chi connectivity index (χ4n) is 7.59. The number of phenolic OH excluding ortho intramolecular Hbond substituents is 2. The number of ether oxygens (including phenoxy) is 1. The van der Waals surface area contributed by atoms with Crippen molar-refractivity contribution in [2.24, 2.45) is 0 Å². The second-order valence-corrected chi connectivity index (χ2v) is 23.8. The maximum Gasteiger partial charge on any atom is 0.135 e. The molecule has 310 valence electrons. The Kier molecular flexibility index (Phi) is 12.8. The quantitative estimate of drug-likeness (QED) is 0.115. The zero-order valence-electron chi connectivity index (χ0n) is 38.8. The monoisotopic (exact) mass is 799 g/mol. The summed E-state index contributed by atoms with van der Waals surface area (Å²) in [4.78, 5) is 0. The Morgan fingerprint density at radius 3 is 1.02 bits per heavy atom. The molecule has 4 heteroatoms. The summed E-state index contributed by atoms with van der Waals surface area (Å²) in [5.74, 6) is 1.14. The number of benzene rings is 5. The molecule has 5 rings (SSSR count). The van der Waals surface area contributed by atoms with Crippen LogP contribution in [-0.4, -0.2) is 36.3 Å². The van der Waals surface area contributed by atoms with Crippen LogP contribution in [0.1, 0.15) is 128 Å². The van der Waals surface area contributed by atoms with E-state index in [0.717, 1.165) is 73.8 Å². The molecule has 0 aromatic heterocycles. The number of phenols is 2. The molecule has 0 saturated carbocycles. The van der Waals surface area contributed by atoms with Gasteiger partial charge in [-0.05, 0) is 155 Å². The van der Waals surface area contributed by atoms with Crippen LogP contribution in [0.3, 0.4) is 0 Å². The van der Waals surface area contributed by atoms with Gasteiger partial charge in [-0.25, -0.2) is 0 Å². The lowest BCUT2D eigenvalue weighted by atomic mass is 9.78. The predicted molar refractivity (Wildman–Crippen MR) is 254 cm³/mol. The van der Waals surface area contributed by atoms with Crippen molar-refractivity contribution >= 4 is 7.92 Å². The number of aromatic hydroxyl groups is 2. The molecule has 5 aromatic rings. The van der Waals surface area contributed by atoms with E-state index in [-0.39, 0.29) is 41.1 Å². The zero-order chi connectivity index (χ0) is 43.3. The Balaban J connectivity index is 1.82. The van der Waals surface area contributed by atoms with Gasteiger partial charge in [-0.15, -0.1) is 7.92 Å². The molecule has 0 radical (unpaired) electrons. The third-order valence-corrected chi connectivity index (χ3v) is 12.5. The Hall–Kier alpha value is -4.07. The van der Waals surface area contributed by atoms with Gasteiger partial charge in [0.15, 0.2) is 0 Å². The van der Waals surface area contributed by atoms with Crippen LogP contribution in [0.4, 0.5) is 0 Å². The third kappa shape index (κ3) is 10.2. The molecule has 3 nitrogen and oxygen atoms in total. The summed E-state index contributed by atoms with van der Waals surface area (Å²) >= 11 is 0. The van der Waals surface area contributed by atoms with Crippen molar-refractivity contribution in [2.45, 2.75) is 132 Å². The first kappa shape index (κ1) is 45.0. The minimum absolute atomic E-state index is 0.0703. The van der Waals surface area contributed by atoms with E-state index in [1.807, 2.05) is 0 Å².